The average Bonchev–Trinajstić information content (AvgIpc) is 2.99. The molecule has 42 heavy (non-hydrogen) atoms. The minimum Gasteiger partial charge on any atom is -0.481 e. The number of carbonyl (C=O) groups is 1. The van der Waals surface area contributed by atoms with Crippen molar-refractivity contribution in [2.45, 2.75) is 245 Å². The van der Waals surface area contributed by atoms with Crippen LogP contribution in [0.1, 0.15) is 245 Å². The average molecular weight is 593 g/mol. The van der Waals surface area contributed by atoms with Crippen LogP contribution in [0.3, 0.4) is 0 Å². The minimum atomic E-state index is -0.553. The van der Waals surface area contributed by atoms with Crippen molar-refractivity contribution in [2.24, 2.45) is 5.92 Å². The zero-order valence-corrected chi connectivity index (χ0v) is 29.4. The molecule has 1 atom stereocenters. The molecule has 0 rings (SSSR count). The second kappa shape index (κ2) is 36.7. The summed E-state index contributed by atoms with van der Waals surface area (Å²) in [4.78, 5) is 11.7. The number of unbranched alkanes of at least 4 members (excludes halogenated alkanes) is 32. The molecule has 0 aliphatic heterocycles. The van der Waals surface area contributed by atoms with E-state index >= 15 is 0 Å². The summed E-state index contributed by atoms with van der Waals surface area (Å²) >= 11 is 0. The van der Waals surface area contributed by atoms with E-state index in [1.807, 2.05) is 0 Å². The highest BCUT2D eigenvalue weighted by Gasteiger charge is 2.16. The summed E-state index contributed by atoms with van der Waals surface area (Å²) in [5.41, 5.74) is 0. The Morgan fingerprint density at radius 3 is 0.667 bits per heavy atom. The molecule has 0 saturated carbocycles. The van der Waals surface area contributed by atoms with Gasteiger partial charge in [-0.3, -0.25) is 4.79 Å². The smallest absolute Gasteiger partial charge is 0.306 e. The van der Waals surface area contributed by atoms with E-state index in [0.29, 0.717) is 0 Å². The van der Waals surface area contributed by atoms with Gasteiger partial charge in [-0.2, -0.15) is 0 Å². The number of hydrogen-bond acceptors (Lipinski definition) is 1. The van der Waals surface area contributed by atoms with Crippen LogP contribution in [-0.4, -0.2) is 11.1 Å². The van der Waals surface area contributed by atoms with E-state index in [2.05, 4.69) is 13.8 Å². The lowest BCUT2D eigenvalue weighted by Gasteiger charge is -2.12. The Labute approximate surface area is 266 Å². The fourth-order valence-corrected chi connectivity index (χ4v) is 6.62. The highest BCUT2D eigenvalue weighted by atomic mass is 16.4. The Morgan fingerprint density at radius 1 is 0.333 bits per heavy atom. The summed E-state index contributed by atoms with van der Waals surface area (Å²) in [7, 11) is 0. The van der Waals surface area contributed by atoms with Gasteiger partial charge in [-0.05, 0) is 12.8 Å². The van der Waals surface area contributed by atoms with E-state index < -0.39 is 5.97 Å². The molecule has 0 amide bonds. The maximum absolute atomic E-state index is 11.7. The molecule has 0 spiro atoms. The van der Waals surface area contributed by atoms with E-state index in [1.165, 1.54) is 205 Å². The number of carboxylic acid groups (broad SMARTS) is 1. The second-order valence-corrected chi connectivity index (χ2v) is 13.9. The molecule has 0 fully saturated rings. The SMILES string of the molecule is CCCCCCCCCCCCCCCCCCCCCCC(CCCCCCCCCCCCCCCC)C(=O)O. The highest BCUT2D eigenvalue weighted by molar-refractivity contribution is 5.69. The molecule has 0 aliphatic carbocycles. The predicted molar refractivity (Wildman–Crippen MR) is 189 cm³/mol. The van der Waals surface area contributed by atoms with Crippen molar-refractivity contribution in [1.82, 2.24) is 0 Å². The first-order chi connectivity index (χ1) is 20.7. The lowest BCUT2D eigenvalue weighted by atomic mass is 9.94. The van der Waals surface area contributed by atoms with E-state index in [1.54, 1.807) is 0 Å². The Morgan fingerprint density at radius 2 is 0.500 bits per heavy atom. The molecule has 0 radical (unpaired) electrons. The molecule has 0 saturated heterocycles. The van der Waals surface area contributed by atoms with E-state index in [4.69, 9.17) is 0 Å². The maximum atomic E-state index is 11.7. The van der Waals surface area contributed by atoms with Crippen LogP contribution in [0.4, 0.5) is 0 Å². The first kappa shape index (κ1) is 41.5. The number of carboxylic acids is 1. The summed E-state index contributed by atoms with van der Waals surface area (Å²) < 4.78 is 0. The fourth-order valence-electron chi connectivity index (χ4n) is 6.62. The molecule has 2 nitrogen and oxygen atoms in total. The summed E-state index contributed by atoms with van der Waals surface area (Å²) in [5, 5.41) is 9.64. The Bertz CT molecular complexity index is 502. The van der Waals surface area contributed by atoms with E-state index in [-0.39, 0.29) is 5.92 Å². The van der Waals surface area contributed by atoms with Gasteiger partial charge in [0, 0.05) is 0 Å². The summed E-state index contributed by atoms with van der Waals surface area (Å²) in [6.45, 7) is 4.58. The Kier molecular flexibility index (Phi) is 36.2. The topological polar surface area (TPSA) is 37.3 Å². The van der Waals surface area contributed by atoms with Crippen molar-refractivity contribution >= 4 is 5.97 Å². The van der Waals surface area contributed by atoms with Crippen LogP contribution < -0.4 is 0 Å². The third-order valence-corrected chi connectivity index (χ3v) is 9.66. The lowest BCUT2D eigenvalue weighted by molar-refractivity contribution is -0.142. The molecule has 1 N–H and O–H groups in total. The van der Waals surface area contributed by atoms with Gasteiger partial charge in [0.25, 0.3) is 0 Å². The van der Waals surface area contributed by atoms with Crippen molar-refractivity contribution < 1.29 is 9.90 Å². The number of rotatable bonds is 37. The van der Waals surface area contributed by atoms with Crippen LogP contribution in [0.15, 0.2) is 0 Å². The molecule has 252 valence electrons. The van der Waals surface area contributed by atoms with Gasteiger partial charge in [0.2, 0.25) is 0 Å². The van der Waals surface area contributed by atoms with Crippen molar-refractivity contribution in [3.63, 3.8) is 0 Å². The van der Waals surface area contributed by atoms with E-state index in [0.717, 1.165) is 25.7 Å². The largest absolute Gasteiger partial charge is 0.481 e. The van der Waals surface area contributed by atoms with Gasteiger partial charge in [0.15, 0.2) is 0 Å². The van der Waals surface area contributed by atoms with Gasteiger partial charge >= 0.3 is 5.97 Å². The van der Waals surface area contributed by atoms with Crippen molar-refractivity contribution in [3.8, 4) is 0 Å². The van der Waals surface area contributed by atoms with Gasteiger partial charge in [0.05, 0.1) is 5.92 Å². The Balaban J connectivity index is 3.35. The molecule has 1 unspecified atom stereocenters. The molecule has 0 aromatic rings. The molecule has 0 bridgehead atoms. The molecule has 0 aromatic carbocycles. The monoisotopic (exact) mass is 593 g/mol. The maximum Gasteiger partial charge on any atom is 0.306 e. The summed E-state index contributed by atoms with van der Waals surface area (Å²) in [6, 6.07) is 0. The van der Waals surface area contributed by atoms with Crippen LogP contribution in [-0.2, 0) is 4.79 Å². The van der Waals surface area contributed by atoms with Crippen molar-refractivity contribution in [2.75, 3.05) is 0 Å². The molecular weight excluding hydrogens is 512 g/mol. The normalized spacial score (nSPS) is 12.2. The third-order valence-electron chi connectivity index (χ3n) is 9.66. The summed E-state index contributed by atoms with van der Waals surface area (Å²) in [5.74, 6) is -0.652. The predicted octanol–water partition coefficient (Wildman–Crippen LogP) is 14.8. The van der Waals surface area contributed by atoms with Gasteiger partial charge in [-0.15, -0.1) is 0 Å². The molecule has 2 heteroatoms. The minimum absolute atomic E-state index is 0.0992. The van der Waals surface area contributed by atoms with Crippen LogP contribution in [0.5, 0.6) is 0 Å². The molecule has 0 aromatic heterocycles. The molecule has 0 aliphatic rings. The number of hydrogen-bond donors (Lipinski definition) is 1. The van der Waals surface area contributed by atoms with Gasteiger partial charge in [-0.25, -0.2) is 0 Å². The van der Waals surface area contributed by atoms with E-state index in [9.17, 15) is 9.90 Å². The van der Waals surface area contributed by atoms with Gasteiger partial charge in [-0.1, -0.05) is 232 Å². The highest BCUT2D eigenvalue weighted by Crippen LogP contribution is 2.21. The molecular formula is C40H80O2. The van der Waals surface area contributed by atoms with Gasteiger partial charge < -0.3 is 5.11 Å². The van der Waals surface area contributed by atoms with Crippen LogP contribution in [0.2, 0.25) is 0 Å². The first-order valence-electron chi connectivity index (χ1n) is 19.9. The standard InChI is InChI=1S/C40H80O2/c1-3-5-7-9-11-13-15-17-19-20-21-22-23-24-26-28-30-32-34-36-38-39(40(41)42)37-35-33-31-29-27-25-18-16-14-12-10-8-6-4-2/h39H,3-38H2,1-2H3,(H,41,42). The Hall–Kier alpha value is -0.530. The van der Waals surface area contributed by atoms with Crippen LogP contribution in [0.25, 0.3) is 0 Å². The first-order valence-corrected chi connectivity index (χ1v) is 19.9. The van der Waals surface area contributed by atoms with Crippen molar-refractivity contribution in [3.05, 3.63) is 0 Å². The third kappa shape index (κ3) is 34.0. The molecule has 0 heterocycles. The lowest BCUT2D eigenvalue weighted by Crippen LogP contribution is -2.13. The second-order valence-electron chi connectivity index (χ2n) is 13.9. The quantitative estimate of drug-likeness (QED) is 0.0728. The van der Waals surface area contributed by atoms with Crippen LogP contribution >= 0.6 is 0 Å². The zero-order chi connectivity index (χ0) is 30.6. The van der Waals surface area contributed by atoms with Crippen LogP contribution in [0, 0.1) is 5.92 Å². The summed E-state index contributed by atoms with van der Waals surface area (Å²) in [6.07, 6.45) is 48.7. The van der Waals surface area contributed by atoms with Gasteiger partial charge in [0.1, 0.15) is 0 Å². The number of aliphatic carboxylic acids is 1. The fraction of sp³-hybridized carbons (Fsp3) is 0.975. The zero-order valence-electron chi connectivity index (χ0n) is 29.4. The van der Waals surface area contributed by atoms with Crippen molar-refractivity contribution in [1.29, 1.82) is 0 Å².